The number of carbonyl (C=O) groups is 2. The van der Waals surface area contributed by atoms with E-state index in [9.17, 15) is 14.7 Å². The van der Waals surface area contributed by atoms with Crippen LogP contribution < -0.4 is 5.32 Å². The number of hydrogen-bond acceptors (Lipinski definition) is 6. The van der Waals surface area contributed by atoms with Crippen molar-refractivity contribution < 1.29 is 24.5 Å². The molecule has 0 fully saturated rings. The molecule has 1 heterocycles. The van der Waals surface area contributed by atoms with E-state index in [2.05, 4.69) is 15.0 Å². The van der Waals surface area contributed by atoms with Gasteiger partial charge in [-0.05, 0) is 6.07 Å². The van der Waals surface area contributed by atoms with Gasteiger partial charge in [0.25, 0.3) is 5.91 Å². The van der Waals surface area contributed by atoms with Gasteiger partial charge in [0.05, 0.1) is 25.5 Å². The van der Waals surface area contributed by atoms with Gasteiger partial charge in [0.1, 0.15) is 5.75 Å². The Morgan fingerprint density at radius 3 is 2.82 bits per heavy atom. The van der Waals surface area contributed by atoms with Crippen LogP contribution in [-0.4, -0.2) is 46.8 Å². The first-order chi connectivity index (χ1) is 8.10. The van der Waals surface area contributed by atoms with Crippen molar-refractivity contribution in [2.75, 3.05) is 13.7 Å². The maximum Gasteiger partial charge on any atom is 0.330 e. The largest absolute Gasteiger partial charge is 0.505 e. The van der Waals surface area contributed by atoms with Crippen molar-refractivity contribution in [3.63, 3.8) is 0 Å². The number of esters is 1. The number of aliphatic hydroxyl groups is 1. The van der Waals surface area contributed by atoms with Gasteiger partial charge >= 0.3 is 5.97 Å². The molecule has 0 saturated carbocycles. The number of hydrogen-bond donors (Lipinski definition) is 3. The highest BCUT2D eigenvalue weighted by atomic mass is 16.5. The van der Waals surface area contributed by atoms with Gasteiger partial charge in [-0.15, -0.1) is 0 Å². The third-order valence-corrected chi connectivity index (χ3v) is 2.02. The van der Waals surface area contributed by atoms with Crippen LogP contribution in [0.1, 0.15) is 10.4 Å². The van der Waals surface area contributed by atoms with E-state index in [0.717, 1.165) is 13.3 Å². The lowest BCUT2D eigenvalue weighted by atomic mass is 10.2. The van der Waals surface area contributed by atoms with Gasteiger partial charge in [-0.1, -0.05) is 0 Å². The van der Waals surface area contributed by atoms with E-state index in [-0.39, 0.29) is 11.3 Å². The zero-order valence-electron chi connectivity index (χ0n) is 9.08. The molecule has 7 heteroatoms. The number of aromatic nitrogens is 1. The summed E-state index contributed by atoms with van der Waals surface area (Å²) in [5, 5.41) is 20.5. The second-order valence-corrected chi connectivity index (χ2v) is 3.12. The van der Waals surface area contributed by atoms with Gasteiger partial charge in [-0.3, -0.25) is 9.78 Å². The zero-order valence-corrected chi connectivity index (χ0v) is 9.08. The van der Waals surface area contributed by atoms with E-state index in [1.807, 2.05) is 0 Å². The smallest absolute Gasteiger partial charge is 0.330 e. The Balaban J connectivity index is 2.78. The number of carbonyl (C=O) groups excluding carboxylic acids is 2. The maximum absolute atomic E-state index is 11.6. The fourth-order valence-electron chi connectivity index (χ4n) is 1.14. The molecule has 1 aromatic heterocycles. The van der Waals surface area contributed by atoms with E-state index in [4.69, 9.17) is 5.11 Å². The van der Waals surface area contributed by atoms with Crippen LogP contribution in [0.2, 0.25) is 0 Å². The normalized spacial score (nSPS) is 11.6. The molecule has 1 aromatic rings. The van der Waals surface area contributed by atoms with Crippen LogP contribution in [0, 0.1) is 0 Å². The Labute approximate surface area is 97.1 Å². The molecule has 1 amide bonds. The molecule has 0 radical (unpaired) electrons. The average Bonchev–Trinajstić information content (AvgIpc) is 2.35. The quantitative estimate of drug-likeness (QED) is 0.585. The van der Waals surface area contributed by atoms with Crippen molar-refractivity contribution in [2.45, 2.75) is 6.04 Å². The highest BCUT2D eigenvalue weighted by molar-refractivity contribution is 5.98. The molecule has 0 spiro atoms. The highest BCUT2D eigenvalue weighted by Gasteiger charge is 2.22. The Hall–Kier alpha value is -2.15. The van der Waals surface area contributed by atoms with Crippen molar-refractivity contribution in [2.24, 2.45) is 0 Å². The van der Waals surface area contributed by atoms with Crippen molar-refractivity contribution in [1.82, 2.24) is 10.3 Å². The predicted molar refractivity (Wildman–Crippen MR) is 56.3 cm³/mol. The van der Waals surface area contributed by atoms with Crippen molar-refractivity contribution >= 4 is 11.9 Å². The third-order valence-electron chi connectivity index (χ3n) is 2.02. The molecule has 0 aliphatic rings. The molecule has 1 atom stereocenters. The summed E-state index contributed by atoms with van der Waals surface area (Å²) in [4.78, 5) is 26.4. The number of ether oxygens (including phenoxy) is 1. The van der Waals surface area contributed by atoms with Crippen LogP contribution >= 0.6 is 0 Å². The van der Waals surface area contributed by atoms with Crippen LogP contribution in [0.15, 0.2) is 18.5 Å². The summed E-state index contributed by atoms with van der Waals surface area (Å²) < 4.78 is 4.38. The van der Waals surface area contributed by atoms with Crippen molar-refractivity contribution in [3.8, 4) is 5.75 Å². The summed E-state index contributed by atoms with van der Waals surface area (Å²) in [5.41, 5.74) is -0.0395. The lowest BCUT2D eigenvalue weighted by Gasteiger charge is -2.13. The standard InChI is InChI=1S/C10H12N2O5/c1-17-10(16)7(5-13)12-9(15)6-2-3-11-4-8(6)14/h2-4,7,13-14H,5H2,1H3,(H,12,15). The first-order valence-corrected chi connectivity index (χ1v) is 4.72. The first-order valence-electron chi connectivity index (χ1n) is 4.72. The van der Waals surface area contributed by atoms with Crippen LogP contribution in [0.4, 0.5) is 0 Å². The average molecular weight is 240 g/mol. The molecule has 0 aliphatic heterocycles. The van der Waals surface area contributed by atoms with E-state index in [1.165, 1.54) is 12.3 Å². The van der Waals surface area contributed by atoms with Gasteiger partial charge in [-0.25, -0.2) is 4.79 Å². The summed E-state index contributed by atoms with van der Waals surface area (Å²) >= 11 is 0. The maximum atomic E-state index is 11.6. The number of rotatable bonds is 4. The fourth-order valence-corrected chi connectivity index (χ4v) is 1.14. The predicted octanol–water partition coefficient (Wildman–Crippen LogP) is -0.949. The van der Waals surface area contributed by atoms with Crippen LogP contribution in [0.3, 0.4) is 0 Å². The Morgan fingerprint density at radius 2 is 2.29 bits per heavy atom. The number of pyridine rings is 1. The lowest BCUT2D eigenvalue weighted by molar-refractivity contribution is -0.143. The minimum Gasteiger partial charge on any atom is -0.505 e. The number of aliphatic hydroxyl groups excluding tert-OH is 1. The van der Waals surface area contributed by atoms with Crippen molar-refractivity contribution in [1.29, 1.82) is 0 Å². The van der Waals surface area contributed by atoms with Gasteiger partial charge < -0.3 is 20.3 Å². The lowest BCUT2D eigenvalue weighted by Crippen LogP contribution is -2.44. The molecular weight excluding hydrogens is 228 g/mol. The van der Waals surface area contributed by atoms with Crippen molar-refractivity contribution in [3.05, 3.63) is 24.0 Å². The monoisotopic (exact) mass is 240 g/mol. The summed E-state index contributed by atoms with van der Waals surface area (Å²) in [6.07, 6.45) is 2.42. The van der Waals surface area contributed by atoms with Gasteiger partial charge in [-0.2, -0.15) is 0 Å². The molecule has 0 saturated heterocycles. The van der Waals surface area contributed by atoms with E-state index >= 15 is 0 Å². The molecular formula is C10H12N2O5. The first kappa shape index (κ1) is 12.9. The molecule has 3 N–H and O–H groups in total. The van der Waals surface area contributed by atoms with Gasteiger partial charge in [0.15, 0.2) is 6.04 Å². The SMILES string of the molecule is COC(=O)C(CO)NC(=O)c1ccncc1O. The van der Waals surface area contributed by atoms with Gasteiger partial charge in [0.2, 0.25) is 0 Å². The van der Waals surface area contributed by atoms with E-state index in [0.29, 0.717) is 0 Å². The van der Waals surface area contributed by atoms with E-state index < -0.39 is 24.5 Å². The minimum absolute atomic E-state index is 0.0395. The Morgan fingerprint density at radius 1 is 1.59 bits per heavy atom. The molecule has 92 valence electrons. The molecule has 1 rings (SSSR count). The number of methoxy groups -OCH3 is 1. The third kappa shape index (κ3) is 3.15. The summed E-state index contributed by atoms with van der Waals surface area (Å²) in [5.74, 6) is -1.78. The molecule has 1 unspecified atom stereocenters. The summed E-state index contributed by atoms with van der Waals surface area (Å²) in [6, 6.07) is 0.121. The molecule has 7 nitrogen and oxygen atoms in total. The summed E-state index contributed by atoms with van der Waals surface area (Å²) in [7, 11) is 1.14. The second kappa shape index (κ2) is 5.80. The molecule has 0 bridgehead atoms. The highest BCUT2D eigenvalue weighted by Crippen LogP contribution is 2.13. The molecule has 0 aromatic carbocycles. The van der Waals surface area contributed by atoms with Crippen LogP contribution in [0.5, 0.6) is 5.75 Å². The number of nitrogens with one attached hydrogen (secondary N) is 1. The van der Waals surface area contributed by atoms with Gasteiger partial charge in [0, 0.05) is 6.20 Å². The number of aromatic hydroxyl groups is 1. The second-order valence-electron chi connectivity index (χ2n) is 3.12. The van der Waals surface area contributed by atoms with E-state index in [1.54, 1.807) is 0 Å². The Kier molecular flexibility index (Phi) is 4.41. The fraction of sp³-hybridized carbons (Fsp3) is 0.300. The Bertz CT molecular complexity index is 421. The van der Waals surface area contributed by atoms with Crippen LogP contribution in [0.25, 0.3) is 0 Å². The number of amides is 1. The van der Waals surface area contributed by atoms with Crippen LogP contribution in [-0.2, 0) is 9.53 Å². The number of nitrogens with zero attached hydrogens (tertiary/aromatic N) is 1. The summed E-state index contributed by atoms with van der Waals surface area (Å²) in [6.45, 7) is -0.593. The molecule has 0 aliphatic carbocycles. The topological polar surface area (TPSA) is 109 Å². The zero-order chi connectivity index (χ0) is 12.8. The molecule has 17 heavy (non-hydrogen) atoms. The minimum atomic E-state index is -1.17.